The summed E-state index contributed by atoms with van der Waals surface area (Å²) >= 11 is 0. The van der Waals surface area contributed by atoms with Crippen LogP contribution in [-0.2, 0) is 29.1 Å². The minimum Gasteiger partial charge on any atom is -0.277 e. The molecule has 6 heteroatoms. The first-order chi connectivity index (χ1) is 4.18. The molecule has 1 aliphatic heterocycles. The van der Waals surface area contributed by atoms with Gasteiger partial charge >= 0.3 is 6.03 Å². The van der Waals surface area contributed by atoms with Crippen molar-refractivity contribution in [1.29, 1.82) is 0 Å². The molecule has 1 heterocycles. The Balaban J connectivity index is 0.000000810. The molecule has 2 N–H and O–H groups in total. The van der Waals surface area contributed by atoms with Gasteiger partial charge in [-0.25, -0.2) is 4.79 Å². The standard InChI is InChI=1S/C4H4N2O3.Zn/c7-2-1-3(8)6-4(9)5-2;/h1H2,(H2,5,6,7,8,9);. The number of nitrogens with one attached hydrogen (secondary N) is 2. The van der Waals surface area contributed by atoms with Crippen molar-refractivity contribution in [3.63, 3.8) is 0 Å². The van der Waals surface area contributed by atoms with Crippen LogP contribution in [0.5, 0.6) is 0 Å². The summed E-state index contributed by atoms with van der Waals surface area (Å²) in [5, 5.41) is 3.80. The number of hydrogen-bond donors (Lipinski definition) is 2. The SMILES string of the molecule is O=C1CC(=O)NC(=O)N1.[Zn]. The van der Waals surface area contributed by atoms with Crippen LogP contribution < -0.4 is 10.6 Å². The van der Waals surface area contributed by atoms with Gasteiger partial charge in [0.25, 0.3) is 0 Å². The smallest absolute Gasteiger partial charge is 0.277 e. The summed E-state index contributed by atoms with van der Waals surface area (Å²) in [6, 6.07) is -0.740. The maximum atomic E-state index is 10.3. The molecule has 4 amide bonds. The number of hydrogen-bond acceptors (Lipinski definition) is 3. The average Bonchev–Trinajstić information content (AvgIpc) is 1.59. The van der Waals surface area contributed by atoms with Gasteiger partial charge in [0.05, 0.1) is 0 Å². The van der Waals surface area contributed by atoms with Crippen LogP contribution in [0.15, 0.2) is 0 Å². The molecule has 0 aromatic rings. The topological polar surface area (TPSA) is 75.3 Å². The first-order valence-corrected chi connectivity index (χ1v) is 2.32. The average molecular weight is 193 g/mol. The van der Waals surface area contributed by atoms with Gasteiger partial charge in [0, 0.05) is 19.5 Å². The van der Waals surface area contributed by atoms with Crippen LogP contribution in [-0.4, -0.2) is 17.8 Å². The zero-order valence-corrected chi connectivity index (χ0v) is 8.11. The van der Waals surface area contributed by atoms with Crippen molar-refractivity contribution in [1.82, 2.24) is 10.6 Å². The van der Waals surface area contributed by atoms with Crippen molar-refractivity contribution in [2.75, 3.05) is 0 Å². The van der Waals surface area contributed by atoms with Crippen LogP contribution in [0.4, 0.5) is 4.79 Å². The van der Waals surface area contributed by atoms with Crippen LogP contribution in [0.3, 0.4) is 0 Å². The van der Waals surface area contributed by atoms with E-state index in [1.807, 2.05) is 10.6 Å². The van der Waals surface area contributed by atoms with Crippen molar-refractivity contribution in [2.45, 2.75) is 6.42 Å². The van der Waals surface area contributed by atoms with Crippen molar-refractivity contribution >= 4 is 17.8 Å². The Hall–Kier alpha value is -0.767. The summed E-state index contributed by atoms with van der Waals surface area (Å²) in [5.74, 6) is -1.10. The zero-order valence-electron chi connectivity index (χ0n) is 5.14. The Morgan fingerprint density at radius 1 is 1.00 bits per heavy atom. The van der Waals surface area contributed by atoms with E-state index in [0.717, 1.165) is 0 Å². The number of barbiturate groups is 1. The van der Waals surface area contributed by atoms with E-state index in [-0.39, 0.29) is 25.9 Å². The molecule has 0 saturated carbocycles. The summed E-state index contributed by atoms with van der Waals surface area (Å²) < 4.78 is 0. The third-order valence-electron chi connectivity index (χ3n) is 0.827. The number of carbonyl (C=O) groups is 3. The molecule has 0 aromatic heterocycles. The molecule has 1 saturated heterocycles. The van der Waals surface area contributed by atoms with Gasteiger partial charge < -0.3 is 0 Å². The molecular formula is C4H4N2O3Zn. The van der Waals surface area contributed by atoms with E-state index in [0.29, 0.717) is 0 Å². The van der Waals surface area contributed by atoms with Gasteiger partial charge in [0.2, 0.25) is 11.8 Å². The van der Waals surface area contributed by atoms with E-state index in [1.165, 1.54) is 0 Å². The van der Waals surface area contributed by atoms with Crippen LogP contribution in [0.2, 0.25) is 0 Å². The Morgan fingerprint density at radius 2 is 1.40 bits per heavy atom. The molecule has 0 unspecified atom stereocenters. The molecule has 0 radical (unpaired) electrons. The van der Waals surface area contributed by atoms with Crippen molar-refractivity contribution < 1.29 is 33.9 Å². The minimum atomic E-state index is -0.740. The Kier molecular flexibility index (Phi) is 3.15. The second kappa shape index (κ2) is 3.41. The van der Waals surface area contributed by atoms with Gasteiger partial charge in [-0.2, -0.15) is 0 Å². The molecule has 10 heavy (non-hydrogen) atoms. The number of urea groups is 1. The maximum absolute atomic E-state index is 10.3. The molecule has 0 aliphatic carbocycles. The predicted molar refractivity (Wildman–Crippen MR) is 26.3 cm³/mol. The van der Waals surface area contributed by atoms with E-state index < -0.39 is 17.8 Å². The van der Waals surface area contributed by atoms with E-state index in [1.54, 1.807) is 0 Å². The second-order valence-electron chi connectivity index (χ2n) is 1.60. The zero-order chi connectivity index (χ0) is 6.85. The van der Waals surface area contributed by atoms with Gasteiger partial charge in [-0.3, -0.25) is 20.2 Å². The third kappa shape index (κ3) is 2.23. The molecule has 5 nitrogen and oxygen atoms in total. The molecule has 1 fully saturated rings. The summed E-state index contributed by atoms with van der Waals surface area (Å²) in [5.41, 5.74) is 0. The van der Waals surface area contributed by atoms with E-state index in [4.69, 9.17) is 0 Å². The van der Waals surface area contributed by atoms with Gasteiger partial charge in [-0.1, -0.05) is 0 Å². The fraction of sp³-hybridized carbons (Fsp3) is 0.250. The number of imide groups is 2. The van der Waals surface area contributed by atoms with Crippen molar-refractivity contribution in [3.05, 3.63) is 0 Å². The van der Waals surface area contributed by atoms with E-state index in [2.05, 4.69) is 0 Å². The van der Waals surface area contributed by atoms with Gasteiger partial charge in [-0.05, 0) is 0 Å². The fourth-order valence-corrected chi connectivity index (χ4v) is 0.519. The number of rotatable bonds is 0. The molecule has 50 valence electrons. The van der Waals surface area contributed by atoms with Gasteiger partial charge in [-0.15, -0.1) is 0 Å². The van der Waals surface area contributed by atoms with Crippen LogP contribution in [0, 0.1) is 0 Å². The van der Waals surface area contributed by atoms with Crippen LogP contribution in [0.1, 0.15) is 6.42 Å². The van der Waals surface area contributed by atoms with Crippen LogP contribution >= 0.6 is 0 Å². The molecule has 0 bridgehead atoms. The molecule has 0 atom stereocenters. The predicted octanol–water partition coefficient (Wildman–Crippen LogP) is -1.26. The summed E-state index contributed by atoms with van der Waals surface area (Å²) in [6.45, 7) is 0. The maximum Gasteiger partial charge on any atom is 0.328 e. The first-order valence-electron chi connectivity index (χ1n) is 2.32. The van der Waals surface area contributed by atoms with E-state index in [9.17, 15) is 14.4 Å². The van der Waals surface area contributed by atoms with Crippen molar-refractivity contribution in [2.24, 2.45) is 0 Å². The van der Waals surface area contributed by atoms with Gasteiger partial charge in [0.15, 0.2) is 0 Å². The van der Waals surface area contributed by atoms with Crippen molar-refractivity contribution in [3.8, 4) is 0 Å². The Bertz CT molecular complexity index is 146. The monoisotopic (exact) mass is 192 g/mol. The largest absolute Gasteiger partial charge is 0.328 e. The summed E-state index contributed by atoms with van der Waals surface area (Å²) in [7, 11) is 0. The Labute approximate surface area is 69.3 Å². The molecule has 0 spiro atoms. The first kappa shape index (κ1) is 9.23. The Morgan fingerprint density at radius 3 is 1.70 bits per heavy atom. The number of amides is 4. The summed E-state index contributed by atoms with van der Waals surface area (Å²) in [4.78, 5) is 30.8. The quantitative estimate of drug-likeness (QED) is 0.372. The minimum absolute atomic E-state index is 0. The molecule has 1 rings (SSSR count). The number of carbonyl (C=O) groups excluding carboxylic acids is 3. The third-order valence-corrected chi connectivity index (χ3v) is 0.827. The molecule has 0 aromatic carbocycles. The van der Waals surface area contributed by atoms with Gasteiger partial charge in [0.1, 0.15) is 6.42 Å². The van der Waals surface area contributed by atoms with Crippen LogP contribution in [0.25, 0.3) is 0 Å². The fourth-order valence-electron chi connectivity index (χ4n) is 0.519. The normalized spacial score (nSPS) is 17.0. The van der Waals surface area contributed by atoms with E-state index >= 15 is 0 Å². The second-order valence-corrected chi connectivity index (χ2v) is 1.60. The molecular weight excluding hydrogens is 189 g/mol. The summed E-state index contributed by atoms with van der Waals surface area (Å²) in [6.07, 6.45) is -0.258. The molecule has 1 aliphatic rings.